The lowest BCUT2D eigenvalue weighted by atomic mass is 10.00. The number of aromatic amines is 1. The molecule has 2 aliphatic rings. The fraction of sp³-hybridized carbons (Fsp3) is 0.333. The van der Waals surface area contributed by atoms with Crippen LogP contribution < -0.4 is 15.8 Å². The second-order valence-electron chi connectivity index (χ2n) is 8.38. The van der Waals surface area contributed by atoms with Crippen LogP contribution in [0.2, 0.25) is 0 Å². The highest BCUT2D eigenvalue weighted by atomic mass is 19.1. The van der Waals surface area contributed by atoms with Gasteiger partial charge in [-0.2, -0.15) is 5.26 Å². The van der Waals surface area contributed by atoms with Crippen molar-refractivity contribution < 1.29 is 8.78 Å². The third-order valence-electron chi connectivity index (χ3n) is 6.35. The molecule has 0 atom stereocenters. The van der Waals surface area contributed by atoms with Crippen LogP contribution in [0.1, 0.15) is 23.1 Å². The molecule has 2 N–H and O–H groups in total. The van der Waals surface area contributed by atoms with Gasteiger partial charge in [-0.1, -0.05) is 0 Å². The molecule has 0 saturated carbocycles. The molecule has 0 radical (unpaired) electrons. The average Bonchev–Trinajstić information content (AvgIpc) is 2.79. The second kappa shape index (κ2) is 8.24. The molecule has 1 saturated heterocycles. The van der Waals surface area contributed by atoms with E-state index in [1.165, 1.54) is 12.1 Å². The van der Waals surface area contributed by atoms with Crippen LogP contribution in [0.3, 0.4) is 0 Å². The van der Waals surface area contributed by atoms with Gasteiger partial charge in [-0.3, -0.25) is 9.69 Å². The summed E-state index contributed by atoms with van der Waals surface area (Å²) in [7, 11) is 0. The lowest BCUT2D eigenvalue weighted by molar-refractivity contribution is 0.249. The van der Waals surface area contributed by atoms with Gasteiger partial charge in [0.25, 0.3) is 5.56 Å². The molecule has 1 fully saturated rings. The highest BCUT2D eigenvalue weighted by Crippen LogP contribution is 2.31. The number of hydrogen-bond acceptors (Lipinski definition) is 5. The molecule has 3 aromatic rings. The zero-order chi connectivity index (χ0) is 22.2. The summed E-state index contributed by atoms with van der Waals surface area (Å²) in [5.41, 5.74) is 3.23. The number of fused-ring (bicyclic) bond motifs is 3. The summed E-state index contributed by atoms with van der Waals surface area (Å²) in [5.74, 6) is -0.837. The molecule has 2 aliphatic heterocycles. The number of H-pyrrole nitrogens is 1. The Balaban J connectivity index is 1.32. The smallest absolute Gasteiger partial charge is 0.253 e. The SMILES string of the molecule is N#Cc1ccc(N2CCN(Cc3cc(F)c4c5c(c(=O)[nH]c4c3)CCCN5)CC2)cc1F. The summed E-state index contributed by atoms with van der Waals surface area (Å²) in [6.45, 7) is 4.19. The minimum absolute atomic E-state index is 0.0419. The van der Waals surface area contributed by atoms with Crippen molar-refractivity contribution in [2.75, 3.05) is 42.9 Å². The van der Waals surface area contributed by atoms with Gasteiger partial charge in [-0.05, 0) is 48.7 Å². The van der Waals surface area contributed by atoms with Gasteiger partial charge < -0.3 is 15.2 Å². The molecule has 3 heterocycles. The van der Waals surface area contributed by atoms with Crippen molar-refractivity contribution in [3.05, 3.63) is 69.0 Å². The number of aromatic nitrogens is 1. The molecule has 5 rings (SSSR count). The molecule has 0 spiro atoms. The molecule has 164 valence electrons. The normalized spacial score (nSPS) is 16.5. The van der Waals surface area contributed by atoms with E-state index in [-0.39, 0.29) is 16.9 Å². The standard InChI is InChI=1S/C24H23F2N5O/c25-19-12-17(4-3-16(19)13-27)31-8-6-30(7-9-31)14-15-10-20(26)22-21(11-15)29-24(32)18-2-1-5-28-23(18)22/h3-4,10-12,28H,1-2,5-9,14H2,(H,29,32). The molecule has 0 bridgehead atoms. The number of nitrogens with one attached hydrogen (secondary N) is 2. The van der Waals surface area contributed by atoms with E-state index in [9.17, 15) is 9.18 Å². The van der Waals surface area contributed by atoms with E-state index >= 15 is 4.39 Å². The quantitative estimate of drug-likeness (QED) is 0.660. The van der Waals surface area contributed by atoms with Crippen molar-refractivity contribution in [2.45, 2.75) is 19.4 Å². The van der Waals surface area contributed by atoms with Crippen molar-refractivity contribution in [3.63, 3.8) is 0 Å². The van der Waals surface area contributed by atoms with E-state index in [0.717, 1.165) is 37.3 Å². The minimum atomic E-state index is -0.510. The maximum atomic E-state index is 15.1. The Hall–Kier alpha value is -3.44. The maximum Gasteiger partial charge on any atom is 0.253 e. The van der Waals surface area contributed by atoms with Crippen LogP contribution in [0.5, 0.6) is 0 Å². The molecular formula is C24H23F2N5O. The van der Waals surface area contributed by atoms with Crippen molar-refractivity contribution in [3.8, 4) is 6.07 Å². The highest BCUT2D eigenvalue weighted by molar-refractivity contribution is 5.94. The van der Waals surface area contributed by atoms with Gasteiger partial charge in [0.15, 0.2) is 0 Å². The number of nitrogens with zero attached hydrogens (tertiary/aromatic N) is 3. The third-order valence-corrected chi connectivity index (χ3v) is 6.35. The number of pyridine rings is 1. The van der Waals surface area contributed by atoms with Crippen LogP contribution in [0.4, 0.5) is 20.2 Å². The van der Waals surface area contributed by atoms with Crippen molar-refractivity contribution >= 4 is 22.3 Å². The molecule has 0 unspecified atom stereocenters. The zero-order valence-electron chi connectivity index (χ0n) is 17.5. The van der Waals surface area contributed by atoms with E-state index in [0.29, 0.717) is 48.2 Å². The molecule has 8 heteroatoms. The first-order valence-corrected chi connectivity index (χ1v) is 10.8. The van der Waals surface area contributed by atoms with Gasteiger partial charge in [-0.25, -0.2) is 8.78 Å². The van der Waals surface area contributed by atoms with Crippen molar-refractivity contribution in [1.82, 2.24) is 9.88 Å². The summed E-state index contributed by atoms with van der Waals surface area (Å²) in [6.07, 6.45) is 1.52. The van der Waals surface area contributed by atoms with Gasteiger partial charge in [0.2, 0.25) is 0 Å². The summed E-state index contributed by atoms with van der Waals surface area (Å²) in [4.78, 5) is 19.6. The van der Waals surface area contributed by atoms with Gasteiger partial charge >= 0.3 is 0 Å². The average molecular weight is 435 g/mol. The van der Waals surface area contributed by atoms with Crippen molar-refractivity contribution in [2.24, 2.45) is 0 Å². The van der Waals surface area contributed by atoms with Crippen LogP contribution >= 0.6 is 0 Å². The number of halogens is 2. The Kier molecular flexibility index (Phi) is 5.27. The fourth-order valence-electron chi connectivity index (χ4n) is 4.69. The minimum Gasteiger partial charge on any atom is -0.384 e. The topological polar surface area (TPSA) is 75.2 Å². The predicted molar refractivity (Wildman–Crippen MR) is 120 cm³/mol. The number of anilines is 2. The van der Waals surface area contributed by atoms with E-state index < -0.39 is 5.82 Å². The Morgan fingerprint density at radius 1 is 1.06 bits per heavy atom. The fourth-order valence-corrected chi connectivity index (χ4v) is 4.69. The largest absolute Gasteiger partial charge is 0.384 e. The molecule has 0 amide bonds. The third kappa shape index (κ3) is 3.69. The lowest BCUT2D eigenvalue weighted by Gasteiger charge is -2.36. The monoisotopic (exact) mass is 435 g/mol. The number of nitriles is 1. The van der Waals surface area contributed by atoms with Gasteiger partial charge in [0.1, 0.15) is 17.7 Å². The number of piperazine rings is 1. The molecule has 2 aromatic carbocycles. The summed E-state index contributed by atoms with van der Waals surface area (Å²) in [6, 6.07) is 9.92. The van der Waals surface area contributed by atoms with Crippen LogP contribution in [-0.4, -0.2) is 42.6 Å². The number of rotatable bonds is 3. The first-order chi connectivity index (χ1) is 15.5. The van der Waals surface area contributed by atoms with Crippen LogP contribution in [-0.2, 0) is 13.0 Å². The Morgan fingerprint density at radius 3 is 2.62 bits per heavy atom. The Morgan fingerprint density at radius 2 is 1.88 bits per heavy atom. The summed E-state index contributed by atoms with van der Waals surface area (Å²) < 4.78 is 29.0. The van der Waals surface area contributed by atoms with E-state index in [1.807, 2.05) is 12.1 Å². The zero-order valence-corrected chi connectivity index (χ0v) is 17.5. The second-order valence-corrected chi connectivity index (χ2v) is 8.38. The molecular weight excluding hydrogens is 412 g/mol. The molecule has 0 aliphatic carbocycles. The Bertz CT molecular complexity index is 1290. The van der Waals surface area contributed by atoms with Gasteiger partial charge in [0.05, 0.1) is 22.2 Å². The lowest BCUT2D eigenvalue weighted by Crippen LogP contribution is -2.46. The summed E-state index contributed by atoms with van der Waals surface area (Å²) in [5, 5.41) is 12.5. The first-order valence-electron chi connectivity index (χ1n) is 10.8. The van der Waals surface area contributed by atoms with E-state index in [1.54, 1.807) is 12.1 Å². The van der Waals surface area contributed by atoms with Gasteiger partial charge in [-0.15, -0.1) is 0 Å². The van der Waals surface area contributed by atoms with E-state index in [4.69, 9.17) is 5.26 Å². The van der Waals surface area contributed by atoms with Crippen LogP contribution in [0.15, 0.2) is 35.1 Å². The van der Waals surface area contributed by atoms with E-state index in [2.05, 4.69) is 20.1 Å². The summed E-state index contributed by atoms with van der Waals surface area (Å²) >= 11 is 0. The highest BCUT2D eigenvalue weighted by Gasteiger charge is 2.21. The van der Waals surface area contributed by atoms with Crippen molar-refractivity contribution in [1.29, 1.82) is 5.26 Å². The maximum absolute atomic E-state index is 15.1. The number of hydrogen-bond donors (Lipinski definition) is 2. The molecule has 32 heavy (non-hydrogen) atoms. The molecule has 1 aromatic heterocycles. The Labute approximate surface area is 184 Å². The first kappa shape index (κ1) is 20.5. The number of benzene rings is 2. The van der Waals surface area contributed by atoms with Crippen LogP contribution in [0, 0.1) is 23.0 Å². The van der Waals surface area contributed by atoms with Crippen LogP contribution in [0.25, 0.3) is 10.9 Å². The van der Waals surface area contributed by atoms with Gasteiger partial charge in [0, 0.05) is 50.5 Å². The molecule has 6 nitrogen and oxygen atoms in total. The predicted octanol–water partition coefficient (Wildman–Crippen LogP) is 3.36.